The van der Waals surface area contributed by atoms with E-state index in [2.05, 4.69) is 16.0 Å². The SMILES string of the molecule is Cl.Cl.Cl.O=C(O)CN[C@@H]1C(O)[C@H](NCC(=O)O)[C@H](O)C(NC(CO)CO)[C@@H]1O. The van der Waals surface area contributed by atoms with Gasteiger partial charge in [-0.25, -0.2) is 0 Å². The van der Waals surface area contributed by atoms with Gasteiger partial charge in [0.1, 0.15) is 0 Å². The minimum atomic E-state index is -1.50. The van der Waals surface area contributed by atoms with Crippen LogP contribution in [0.25, 0.3) is 0 Å². The van der Waals surface area contributed by atoms with Gasteiger partial charge in [-0.1, -0.05) is 0 Å². The Balaban J connectivity index is -0.00000208. The lowest BCUT2D eigenvalue weighted by Crippen LogP contribution is -2.75. The lowest BCUT2D eigenvalue weighted by Gasteiger charge is -2.47. The number of halogens is 3. The Morgan fingerprint density at radius 1 is 0.714 bits per heavy atom. The van der Waals surface area contributed by atoms with Crippen LogP contribution in [0, 0.1) is 0 Å². The second-order valence-electron chi connectivity index (χ2n) is 5.83. The highest BCUT2D eigenvalue weighted by atomic mass is 35.5. The second-order valence-corrected chi connectivity index (χ2v) is 5.83. The summed E-state index contributed by atoms with van der Waals surface area (Å²) in [5.74, 6) is -2.48. The number of nitrogens with one attached hydrogen (secondary N) is 3. The summed E-state index contributed by atoms with van der Waals surface area (Å²) >= 11 is 0. The first-order valence-corrected chi connectivity index (χ1v) is 7.65. The molecule has 1 saturated carbocycles. The molecule has 1 aliphatic rings. The Labute approximate surface area is 179 Å². The molecule has 1 rings (SSSR count). The first-order valence-electron chi connectivity index (χ1n) is 7.65. The second kappa shape index (κ2) is 15.3. The van der Waals surface area contributed by atoms with Gasteiger partial charge in [0.05, 0.1) is 68.8 Å². The summed E-state index contributed by atoms with van der Waals surface area (Å²) in [6.07, 6.45) is -4.45. The van der Waals surface area contributed by atoms with E-state index < -0.39 is 80.7 Å². The molecule has 12 nitrogen and oxygen atoms in total. The molecule has 0 aromatic carbocycles. The highest BCUT2D eigenvalue weighted by Gasteiger charge is 2.49. The van der Waals surface area contributed by atoms with Gasteiger partial charge in [0.2, 0.25) is 0 Å². The lowest BCUT2D eigenvalue weighted by atomic mass is 9.79. The van der Waals surface area contributed by atoms with E-state index >= 15 is 0 Å². The highest BCUT2D eigenvalue weighted by molar-refractivity contribution is 5.86. The third-order valence-electron chi connectivity index (χ3n) is 4.05. The fourth-order valence-corrected chi connectivity index (χ4v) is 2.80. The lowest BCUT2D eigenvalue weighted by molar-refractivity contribution is -0.138. The van der Waals surface area contributed by atoms with Crippen LogP contribution in [0.4, 0.5) is 0 Å². The number of carbonyl (C=O) groups is 2. The summed E-state index contributed by atoms with van der Waals surface area (Å²) in [6.45, 7) is -2.18. The monoisotopic (exact) mass is 475 g/mol. The van der Waals surface area contributed by atoms with Gasteiger partial charge < -0.3 is 41.1 Å². The van der Waals surface area contributed by atoms with Crippen molar-refractivity contribution < 1.29 is 45.3 Å². The van der Waals surface area contributed by atoms with Gasteiger partial charge in [0.25, 0.3) is 0 Å². The van der Waals surface area contributed by atoms with Crippen molar-refractivity contribution in [3.8, 4) is 0 Å². The molecule has 0 saturated heterocycles. The summed E-state index contributed by atoms with van der Waals surface area (Å²) in [5.41, 5.74) is 0. The minimum Gasteiger partial charge on any atom is -0.480 e. The summed E-state index contributed by atoms with van der Waals surface area (Å²) in [6, 6.07) is -4.47. The first kappa shape index (κ1) is 32.2. The maximum absolute atomic E-state index is 10.7. The number of hydrogen-bond donors (Lipinski definition) is 10. The third-order valence-corrected chi connectivity index (χ3v) is 4.05. The third kappa shape index (κ3) is 8.88. The Hall–Kier alpha value is -0.510. The van der Waals surface area contributed by atoms with E-state index in [-0.39, 0.29) is 37.2 Å². The molecule has 0 amide bonds. The zero-order chi connectivity index (χ0) is 19.1. The molecule has 1 fully saturated rings. The van der Waals surface area contributed by atoms with Gasteiger partial charge in [0, 0.05) is 0 Å². The maximum Gasteiger partial charge on any atom is 0.317 e. The number of aliphatic hydroxyl groups is 5. The molecule has 0 aromatic rings. The van der Waals surface area contributed by atoms with E-state index in [0.717, 1.165) is 0 Å². The summed E-state index contributed by atoms with van der Waals surface area (Å²) in [5, 5.41) is 74.3. The van der Waals surface area contributed by atoms with Crippen LogP contribution in [0.5, 0.6) is 0 Å². The molecule has 0 radical (unpaired) electrons. The summed E-state index contributed by atoms with van der Waals surface area (Å²) in [4.78, 5) is 21.4. The largest absolute Gasteiger partial charge is 0.480 e. The van der Waals surface area contributed by atoms with E-state index in [0.29, 0.717) is 0 Å². The molecule has 0 spiro atoms. The van der Waals surface area contributed by atoms with Crippen LogP contribution in [0.2, 0.25) is 0 Å². The number of carboxylic acids is 2. The van der Waals surface area contributed by atoms with Gasteiger partial charge in [-0.2, -0.15) is 0 Å². The van der Waals surface area contributed by atoms with Crippen molar-refractivity contribution in [1.29, 1.82) is 0 Å². The van der Waals surface area contributed by atoms with E-state index in [1.807, 2.05) is 0 Å². The van der Waals surface area contributed by atoms with E-state index in [9.17, 15) is 24.9 Å². The van der Waals surface area contributed by atoms with Crippen molar-refractivity contribution in [3.63, 3.8) is 0 Å². The van der Waals surface area contributed by atoms with Crippen LogP contribution in [0.15, 0.2) is 0 Å². The van der Waals surface area contributed by atoms with Gasteiger partial charge in [0.15, 0.2) is 0 Å². The van der Waals surface area contributed by atoms with Crippen molar-refractivity contribution in [3.05, 3.63) is 0 Å². The predicted molar refractivity (Wildman–Crippen MR) is 104 cm³/mol. The number of aliphatic hydroxyl groups excluding tert-OH is 5. The molecule has 28 heavy (non-hydrogen) atoms. The number of rotatable bonds is 10. The average molecular weight is 477 g/mol. The van der Waals surface area contributed by atoms with Crippen LogP contribution in [-0.2, 0) is 9.59 Å². The molecule has 0 aliphatic heterocycles. The summed E-state index contributed by atoms with van der Waals surface area (Å²) < 4.78 is 0. The van der Waals surface area contributed by atoms with Crippen molar-refractivity contribution in [2.45, 2.75) is 42.5 Å². The van der Waals surface area contributed by atoms with Gasteiger partial charge in [-0.3, -0.25) is 20.2 Å². The molecular formula is C13H28Cl3N3O9. The number of hydrogen-bond acceptors (Lipinski definition) is 10. The normalized spacial score (nSPS) is 29.2. The Bertz CT molecular complexity index is 430. The van der Waals surface area contributed by atoms with Crippen LogP contribution in [-0.4, -0.2) is 116 Å². The highest BCUT2D eigenvalue weighted by Crippen LogP contribution is 2.22. The van der Waals surface area contributed by atoms with Gasteiger partial charge >= 0.3 is 11.9 Å². The van der Waals surface area contributed by atoms with Crippen molar-refractivity contribution >= 4 is 49.2 Å². The topological polar surface area (TPSA) is 212 Å². The van der Waals surface area contributed by atoms with E-state index in [4.69, 9.17) is 20.4 Å². The maximum atomic E-state index is 10.7. The quantitative estimate of drug-likeness (QED) is 0.145. The number of carboxylic acid groups (broad SMARTS) is 2. The van der Waals surface area contributed by atoms with Gasteiger partial charge in [-0.05, 0) is 0 Å². The molecule has 2 unspecified atom stereocenters. The Morgan fingerprint density at radius 3 is 1.32 bits per heavy atom. The Morgan fingerprint density at radius 2 is 1.04 bits per heavy atom. The van der Waals surface area contributed by atoms with Crippen molar-refractivity contribution in [2.75, 3.05) is 26.3 Å². The standard InChI is InChI=1S/C13H25N3O9.3ClH/c17-3-5(4-18)16-10-12(24)8(14-1-6(19)20)11(23)9(13(10)25)15-2-7(21)22;;;/h5,8-18,23-25H,1-4H2,(H,19,20)(H,21,22);3*1H/t8-,9+,10?,11?,12-,13+;;;. The molecule has 0 bridgehead atoms. The number of aliphatic carboxylic acids is 2. The first-order chi connectivity index (χ1) is 11.7. The summed E-state index contributed by atoms with van der Waals surface area (Å²) in [7, 11) is 0. The molecular weight excluding hydrogens is 449 g/mol. The van der Waals surface area contributed by atoms with Crippen molar-refractivity contribution in [2.24, 2.45) is 0 Å². The van der Waals surface area contributed by atoms with Crippen LogP contribution < -0.4 is 16.0 Å². The van der Waals surface area contributed by atoms with E-state index in [1.54, 1.807) is 0 Å². The zero-order valence-electron chi connectivity index (χ0n) is 14.5. The van der Waals surface area contributed by atoms with Crippen LogP contribution in [0.1, 0.15) is 0 Å². The molecule has 0 aromatic heterocycles. The van der Waals surface area contributed by atoms with Gasteiger partial charge in [-0.15, -0.1) is 37.2 Å². The van der Waals surface area contributed by atoms with E-state index in [1.165, 1.54) is 0 Å². The molecule has 0 heterocycles. The predicted octanol–water partition coefficient (Wildman–Crippen LogP) is -4.25. The smallest absolute Gasteiger partial charge is 0.317 e. The molecule has 170 valence electrons. The zero-order valence-corrected chi connectivity index (χ0v) is 17.0. The molecule has 10 N–H and O–H groups in total. The van der Waals surface area contributed by atoms with Crippen LogP contribution in [0.3, 0.4) is 0 Å². The van der Waals surface area contributed by atoms with Crippen LogP contribution >= 0.6 is 37.2 Å². The minimum absolute atomic E-state index is 0. The molecule has 1 aliphatic carbocycles. The molecule has 6 atom stereocenters. The fraction of sp³-hybridized carbons (Fsp3) is 0.846. The van der Waals surface area contributed by atoms with Crippen molar-refractivity contribution in [1.82, 2.24) is 16.0 Å². The Kier molecular flexibility index (Phi) is 17.6. The molecule has 15 heteroatoms. The fourth-order valence-electron chi connectivity index (χ4n) is 2.80. The average Bonchev–Trinajstić information content (AvgIpc) is 2.54.